The van der Waals surface area contributed by atoms with Crippen molar-refractivity contribution in [2.24, 2.45) is 4.99 Å². The van der Waals surface area contributed by atoms with Crippen molar-refractivity contribution in [1.82, 2.24) is 4.90 Å². The van der Waals surface area contributed by atoms with Gasteiger partial charge in [0, 0.05) is 10.7 Å². The van der Waals surface area contributed by atoms with Crippen LogP contribution in [0.1, 0.15) is 11.1 Å². The first-order valence-corrected chi connectivity index (χ1v) is 9.93. The average molecular weight is 453 g/mol. The molecule has 0 fully saturated rings. The quantitative estimate of drug-likeness (QED) is 0.651. The maximum Gasteiger partial charge on any atom is 0.501 e. The van der Waals surface area contributed by atoms with E-state index >= 15 is 0 Å². The molecule has 1 unspecified atom stereocenters. The summed E-state index contributed by atoms with van der Waals surface area (Å²) >= 11 is 3.42. The highest BCUT2D eigenvalue weighted by atomic mass is 79.9. The van der Waals surface area contributed by atoms with Gasteiger partial charge in [0.05, 0.1) is 7.11 Å². The Labute approximate surface area is 177 Å². The number of amides is 3. The number of allylic oxidation sites excluding steroid dienone is 1. The average Bonchev–Trinajstić information content (AvgIpc) is 2.76. The standard InChI is InChI=1S/C22H19BrN3O3/c1-29-18-10-6-16(7-11-18)14-26-21(27)20-19(3-2-12-24-20)25(22(26)28)13-15-4-8-17(23)9-5-15/h2-12,20H,13-14H2,1H3/q+1. The van der Waals surface area contributed by atoms with Gasteiger partial charge in [-0.3, -0.25) is 4.99 Å². The first kappa shape index (κ1) is 19.3. The number of hydrogen-bond donors (Lipinski definition) is 0. The van der Waals surface area contributed by atoms with Crippen LogP contribution >= 0.6 is 15.9 Å². The predicted octanol–water partition coefficient (Wildman–Crippen LogP) is 3.58. The lowest BCUT2D eigenvalue weighted by Gasteiger charge is -2.26. The van der Waals surface area contributed by atoms with Crippen LogP contribution in [0.5, 0.6) is 5.75 Å². The van der Waals surface area contributed by atoms with Gasteiger partial charge in [-0.15, -0.1) is 0 Å². The van der Waals surface area contributed by atoms with E-state index in [0.717, 1.165) is 21.3 Å². The third-order valence-corrected chi connectivity index (χ3v) is 5.42. The van der Waals surface area contributed by atoms with E-state index in [1.807, 2.05) is 48.5 Å². The topological polar surface area (TPSA) is 62.0 Å². The Balaban J connectivity index is 1.67. The zero-order valence-corrected chi connectivity index (χ0v) is 17.4. The maximum absolute atomic E-state index is 13.3. The molecule has 2 aliphatic rings. The molecular weight excluding hydrogens is 434 g/mol. The summed E-state index contributed by atoms with van der Waals surface area (Å²) in [5.41, 5.74) is 2.42. The lowest BCUT2D eigenvalue weighted by Crippen LogP contribution is -2.56. The summed E-state index contributed by atoms with van der Waals surface area (Å²) < 4.78 is 7.77. The maximum atomic E-state index is 13.3. The van der Waals surface area contributed by atoms with Crippen molar-refractivity contribution in [3.05, 3.63) is 76.3 Å². The molecule has 7 heteroatoms. The monoisotopic (exact) mass is 452 g/mol. The molecule has 0 aliphatic carbocycles. The van der Waals surface area contributed by atoms with E-state index in [2.05, 4.69) is 20.9 Å². The fourth-order valence-corrected chi connectivity index (χ4v) is 3.63. The summed E-state index contributed by atoms with van der Waals surface area (Å²) in [6, 6.07) is 14.0. The van der Waals surface area contributed by atoms with Crippen molar-refractivity contribution in [1.29, 1.82) is 0 Å². The van der Waals surface area contributed by atoms with E-state index in [1.165, 1.54) is 4.90 Å². The molecule has 0 saturated heterocycles. The summed E-state index contributed by atoms with van der Waals surface area (Å²) in [4.78, 5) is 31.9. The fraction of sp³-hybridized carbons (Fsp3) is 0.182. The van der Waals surface area contributed by atoms with Gasteiger partial charge in [0.1, 0.15) is 24.6 Å². The second kappa shape index (κ2) is 8.13. The summed E-state index contributed by atoms with van der Waals surface area (Å²) in [5, 5.41) is 0. The number of dihydropyridines is 1. The van der Waals surface area contributed by atoms with Crippen LogP contribution in [-0.2, 0) is 17.9 Å². The van der Waals surface area contributed by atoms with Gasteiger partial charge in [-0.25, -0.2) is 4.79 Å². The molecule has 0 bridgehead atoms. The van der Waals surface area contributed by atoms with Gasteiger partial charge in [0.25, 0.3) is 0 Å². The lowest BCUT2D eigenvalue weighted by atomic mass is 10.0. The minimum absolute atomic E-state index is 0.182. The van der Waals surface area contributed by atoms with Crippen molar-refractivity contribution in [2.75, 3.05) is 7.11 Å². The molecule has 0 aromatic heterocycles. The smallest absolute Gasteiger partial charge is 0.497 e. The van der Waals surface area contributed by atoms with Crippen molar-refractivity contribution in [3.8, 4) is 5.75 Å². The van der Waals surface area contributed by atoms with Gasteiger partial charge < -0.3 is 4.74 Å². The second-order valence-electron chi connectivity index (χ2n) is 6.75. The molecule has 29 heavy (non-hydrogen) atoms. The van der Waals surface area contributed by atoms with Crippen LogP contribution in [0.25, 0.3) is 0 Å². The molecule has 6 nitrogen and oxygen atoms in total. The first-order chi connectivity index (χ1) is 14.1. The van der Waals surface area contributed by atoms with Crippen LogP contribution in [0.3, 0.4) is 0 Å². The summed E-state index contributed by atoms with van der Waals surface area (Å²) in [7, 11) is 1.60. The SMILES string of the molecule is COc1ccc(CN2C(=O)C3N=CC=CC3=[N+](Cc3ccc(Br)cc3)C2=O)cc1. The fourth-order valence-electron chi connectivity index (χ4n) is 3.36. The molecule has 146 valence electrons. The number of carbonyl (C=O) groups excluding carboxylic acids is 2. The Morgan fingerprint density at radius 3 is 2.45 bits per heavy atom. The number of methoxy groups -OCH3 is 1. The van der Waals surface area contributed by atoms with Gasteiger partial charge in [-0.2, -0.15) is 14.3 Å². The van der Waals surface area contributed by atoms with E-state index in [0.29, 0.717) is 12.3 Å². The number of halogens is 1. The van der Waals surface area contributed by atoms with Crippen LogP contribution in [0.2, 0.25) is 0 Å². The number of fused-ring (bicyclic) bond motifs is 1. The Kier molecular flexibility index (Phi) is 5.40. The van der Waals surface area contributed by atoms with Crippen LogP contribution in [0.4, 0.5) is 4.79 Å². The number of nitrogens with zero attached hydrogens (tertiary/aromatic N) is 3. The van der Waals surface area contributed by atoms with E-state index in [9.17, 15) is 9.59 Å². The predicted molar refractivity (Wildman–Crippen MR) is 113 cm³/mol. The molecule has 0 saturated carbocycles. The molecule has 2 heterocycles. The van der Waals surface area contributed by atoms with Crippen LogP contribution in [-0.4, -0.2) is 46.5 Å². The van der Waals surface area contributed by atoms with Crippen molar-refractivity contribution >= 4 is 39.8 Å². The van der Waals surface area contributed by atoms with Gasteiger partial charge in [-0.05, 0) is 47.5 Å². The number of benzene rings is 2. The van der Waals surface area contributed by atoms with Crippen LogP contribution < -0.4 is 4.74 Å². The van der Waals surface area contributed by atoms with Crippen molar-refractivity contribution in [2.45, 2.75) is 19.1 Å². The number of urea groups is 1. The molecule has 2 aromatic rings. The van der Waals surface area contributed by atoms with Gasteiger partial charge >= 0.3 is 11.9 Å². The molecule has 2 aliphatic heterocycles. The van der Waals surface area contributed by atoms with Crippen molar-refractivity contribution < 1.29 is 18.9 Å². The number of hydrogen-bond acceptors (Lipinski definition) is 4. The Morgan fingerprint density at radius 2 is 1.76 bits per heavy atom. The van der Waals surface area contributed by atoms with E-state index in [-0.39, 0.29) is 18.5 Å². The normalized spacial score (nSPS) is 18.3. The van der Waals surface area contributed by atoms with Crippen LogP contribution in [0.15, 0.2) is 70.1 Å². The molecule has 0 radical (unpaired) electrons. The second-order valence-corrected chi connectivity index (χ2v) is 7.67. The highest BCUT2D eigenvalue weighted by molar-refractivity contribution is 9.10. The molecule has 1 atom stereocenters. The number of imide groups is 1. The van der Waals surface area contributed by atoms with Gasteiger partial charge in [0.2, 0.25) is 6.04 Å². The zero-order valence-electron chi connectivity index (χ0n) is 15.8. The zero-order chi connectivity index (χ0) is 20.4. The number of rotatable bonds is 5. The Bertz CT molecular complexity index is 1040. The van der Waals surface area contributed by atoms with Gasteiger partial charge in [-0.1, -0.05) is 40.2 Å². The number of ether oxygens (including phenoxy) is 1. The number of aliphatic imine (C=N–C) groups is 1. The molecule has 2 aromatic carbocycles. The van der Waals surface area contributed by atoms with Gasteiger partial charge in [0.15, 0.2) is 0 Å². The minimum Gasteiger partial charge on any atom is -0.497 e. The largest absolute Gasteiger partial charge is 0.501 e. The first-order valence-electron chi connectivity index (χ1n) is 9.14. The van der Waals surface area contributed by atoms with E-state index in [4.69, 9.17) is 4.74 Å². The highest BCUT2D eigenvalue weighted by Gasteiger charge is 2.47. The van der Waals surface area contributed by atoms with E-state index < -0.39 is 6.04 Å². The number of carbonyl (C=O) groups is 2. The lowest BCUT2D eigenvalue weighted by molar-refractivity contribution is -0.455. The molecular formula is C22H19BrN3O3+. The van der Waals surface area contributed by atoms with E-state index in [1.54, 1.807) is 30.1 Å². The Hall–Kier alpha value is -3.06. The third kappa shape index (κ3) is 3.91. The molecule has 0 N–H and O–H groups in total. The summed E-state index contributed by atoms with van der Waals surface area (Å²) in [5.74, 6) is 0.410. The third-order valence-electron chi connectivity index (χ3n) is 4.90. The molecule has 3 amide bonds. The summed E-state index contributed by atoms with van der Waals surface area (Å²) in [6.45, 7) is 0.547. The Morgan fingerprint density at radius 1 is 1.07 bits per heavy atom. The minimum atomic E-state index is -0.702. The van der Waals surface area contributed by atoms with Crippen LogP contribution in [0, 0.1) is 0 Å². The summed E-state index contributed by atoms with van der Waals surface area (Å²) in [6.07, 6.45) is 5.14. The molecule has 0 spiro atoms. The van der Waals surface area contributed by atoms with Crippen molar-refractivity contribution in [3.63, 3.8) is 0 Å². The highest BCUT2D eigenvalue weighted by Crippen LogP contribution is 2.21. The molecule has 4 rings (SSSR count).